The third-order valence-corrected chi connectivity index (χ3v) is 8.09. The summed E-state index contributed by atoms with van der Waals surface area (Å²) in [6, 6.07) is 9.37. The molecule has 0 atom stereocenters. The van der Waals surface area contributed by atoms with Gasteiger partial charge in [0.15, 0.2) is 11.5 Å². The second-order valence-electron chi connectivity index (χ2n) is 9.33. The summed E-state index contributed by atoms with van der Waals surface area (Å²) in [6.45, 7) is 5.65. The molecule has 2 aromatic heterocycles. The maximum Gasteiger partial charge on any atom is 0.267 e. The fraction of sp³-hybridized carbons (Fsp3) is 0.308. The molecule has 0 aliphatic carbocycles. The number of hydrogen-bond acceptors (Lipinski definition) is 9. The lowest BCUT2D eigenvalue weighted by molar-refractivity contribution is -0.122. The summed E-state index contributed by atoms with van der Waals surface area (Å²) < 4.78 is 12.8. The zero-order chi connectivity index (χ0) is 25.7. The lowest BCUT2D eigenvalue weighted by atomic mass is 10.2. The molecule has 1 aromatic carbocycles. The molecule has 0 unspecified atom stereocenters. The molecule has 1 amide bonds. The van der Waals surface area contributed by atoms with Crippen molar-refractivity contribution in [1.82, 2.24) is 19.2 Å². The molecule has 0 N–H and O–H groups in total. The first kappa shape index (κ1) is 24.0. The molecule has 0 saturated carbocycles. The summed E-state index contributed by atoms with van der Waals surface area (Å²) >= 11 is 6.77. The minimum absolute atomic E-state index is 0.188. The van der Waals surface area contributed by atoms with Crippen LogP contribution < -0.4 is 19.9 Å². The van der Waals surface area contributed by atoms with Gasteiger partial charge in [-0.05, 0) is 49.4 Å². The number of anilines is 1. The van der Waals surface area contributed by atoms with E-state index in [1.807, 2.05) is 37.3 Å². The van der Waals surface area contributed by atoms with E-state index in [0.29, 0.717) is 44.3 Å². The molecule has 3 aliphatic rings. The van der Waals surface area contributed by atoms with Gasteiger partial charge in [0.05, 0.1) is 17.0 Å². The number of fused-ring (bicyclic) bond motifs is 2. The maximum atomic E-state index is 13.7. The van der Waals surface area contributed by atoms with Gasteiger partial charge in [-0.25, -0.2) is 4.98 Å². The van der Waals surface area contributed by atoms with E-state index in [4.69, 9.17) is 26.7 Å². The highest BCUT2D eigenvalue weighted by Crippen LogP contribution is 2.37. The summed E-state index contributed by atoms with van der Waals surface area (Å²) in [4.78, 5) is 38.4. The van der Waals surface area contributed by atoms with Crippen LogP contribution in [0.15, 0.2) is 46.2 Å². The first-order valence-corrected chi connectivity index (χ1v) is 13.2. The minimum Gasteiger partial charge on any atom is -0.454 e. The van der Waals surface area contributed by atoms with E-state index in [0.717, 1.165) is 37.3 Å². The highest BCUT2D eigenvalue weighted by molar-refractivity contribution is 8.26. The average Bonchev–Trinajstić information content (AvgIpc) is 3.46. The van der Waals surface area contributed by atoms with E-state index in [-0.39, 0.29) is 18.3 Å². The van der Waals surface area contributed by atoms with Crippen LogP contribution in [0.3, 0.4) is 0 Å². The Kier molecular flexibility index (Phi) is 6.13. The van der Waals surface area contributed by atoms with E-state index < -0.39 is 0 Å². The Bertz CT molecular complexity index is 1530. The number of benzene rings is 1. The van der Waals surface area contributed by atoms with Gasteiger partial charge in [0.1, 0.15) is 15.8 Å². The second kappa shape index (κ2) is 9.47. The largest absolute Gasteiger partial charge is 0.454 e. The van der Waals surface area contributed by atoms with Crippen LogP contribution in [-0.2, 0) is 11.3 Å². The summed E-state index contributed by atoms with van der Waals surface area (Å²) in [5.74, 6) is 1.71. The number of amides is 1. The number of thiocarbonyl (C=S) groups is 1. The average molecular weight is 536 g/mol. The predicted octanol–water partition coefficient (Wildman–Crippen LogP) is 2.88. The Morgan fingerprint density at radius 3 is 2.68 bits per heavy atom. The van der Waals surface area contributed by atoms with Crippen molar-refractivity contribution in [2.45, 2.75) is 13.5 Å². The quantitative estimate of drug-likeness (QED) is 0.370. The van der Waals surface area contributed by atoms with Crippen molar-refractivity contribution in [2.24, 2.45) is 0 Å². The highest BCUT2D eigenvalue weighted by Gasteiger charge is 2.33. The number of nitrogens with zero attached hydrogens (tertiary/aromatic N) is 5. The fourth-order valence-corrected chi connectivity index (χ4v) is 5.86. The molecular formula is C26H25N5O4S2. The number of likely N-dealkylation sites (N-methyl/N-ethyl adjacent to an activating group) is 1. The predicted molar refractivity (Wildman–Crippen MR) is 147 cm³/mol. The Balaban J connectivity index is 1.37. The molecule has 2 saturated heterocycles. The molecule has 6 rings (SSSR count). The topological polar surface area (TPSA) is 79.6 Å². The van der Waals surface area contributed by atoms with Gasteiger partial charge < -0.3 is 19.3 Å². The minimum atomic E-state index is -0.231. The number of ether oxygens (including phenoxy) is 2. The summed E-state index contributed by atoms with van der Waals surface area (Å²) in [7, 11) is 2.08. The summed E-state index contributed by atoms with van der Waals surface area (Å²) in [5, 5.41) is 0. The zero-order valence-electron chi connectivity index (χ0n) is 20.5. The van der Waals surface area contributed by atoms with E-state index >= 15 is 0 Å². The lowest BCUT2D eigenvalue weighted by Gasteiger charge is -2.34. The lowest BCUT2D eigenvalue weighted by Crippen LogP contribution is -2.45. The van der Waals surface area contributed by atoms with E-state index in [1.54, 1.807) is 21.6 Å². The maximum absolute atomic E-state index is 13.7. The van der Waals surface area contributed by atoms with Crippen LogP contribution >= 0.6 is 24.0 Å². The van der Waals surface area contributed by atoms with Gasteiger partial charge in [0, 0.05) is 32.4 Å². The van der Waals surface area contributed by atoms with Gasteiger partial charge in [0.2, 0.25) is 6.79 Å². The molecule has 3 aromatic rings. The number of piperazine rings is 1. The smallest absolute Gasteiger partial charge is 0.267 e. The standard InChI is InChI=1S/C26H25N5O4S2/c1-16-3-6-22-27-23(29-9-7-28(2)8-10-29)18(24(32)30(22)13-16)12-21-25(33)31(26(36)37-21)14-17-4-5-19-20(11-17)35-15-34-19/h3-6,11-13H,7-10,14-15H2,1-2H3/b21-12+. The molecule has 37 heavy (non-hydrogen) atoms. The van der Waals surface area contributed by atoms with Gasteiger partial charge in [-0.2, -0.15) is 0 Å². The van der Waals surface area contributed by atoms with Crippen LogP contribution in [0.25, 0.3) is 11.7 Å². The number of pyridine rings is 1. The highest BCUT2D eigenvalue weighted by atomic mass is 32.2. The molecule has 2 fully saturated rings. The Labute approximate surface area is 223 Å². The second-order valence-corrected chi connectivity index (χ2v) is 11.0. The van der Waals surface area contributed by atoms with Gasteiger partial charge in [-0.15, -0.1) is 0 Å². The monoisotopic (exact) mass is 535 g/mol. The Morgan fingerprint density at radius 1 is 1.08 bits per heavy atom. The van der Waals surface area contributed by atoms with Crippen molar-refractivity contribution < 1.29 is 14.3 Å². The van der Waals surface area contributed by atoms with E-state index in [1.165, 1.54) is 11.8 Å². The molecule has 3 aliphatic heterocycles. The van der Waals surface area contributed by atoms with Gasteiger partial charge in [0.25, 0.3) is 11.5 Å². The number of thioether (sulfide) groups is 1. The first-order valence-electron chi connectivity index (χ1n) is 12.0. The number of aryl methyl sites for hydroxylation is 1. The molecule has 5 heterocycles. The first-order chi connectivity index (χ1) is 17.9. The third kappa shape index (κ3) is 4.47. The van der Waals surface area contributed by atoms with Crippen LogP contribution in [0.4, 0.5) is 5.82 Å². The van der Waals surface area contributed by atoms with Crippen molar-refractivity contribution in [3.63, 3.8) is 0 Å². The number of hydrogen-bond donors (Lipinski definition) is 0. The third-order valence-electron chi connectivity index (χ3n) is 6.71. The summed E-state index contributed by atoms with van der Waals surface area (Å²) in [6.07, 6.45) is 3.44. The molecule has 0 radical (unpaired) electrons. The van der Waals surface area contributed by atoms with Crippen LogP contribution in [0, 0.1) is 6.92 Å². The van der Waals surface area contributed by atoms with E-state index in [9.17, 15) is 9.59 Å². The van der Waals surface area contributed by atoms with Crippen molar-refractivity contribution in [1.29, 1.82) is 0 Å². The number of rotatable bonds is 4. The number of carbonyl (C=O) groups is 1. The van der Waals surface area contributed by atoms with Crippen molar-refractivity contribution in [3.8, 4) is 11.5 Å². The normalized spacial score (nSPS) is 19.0. The van der Waals surface area contributed by atoms with Crippen LogP contribution in [-0.4, -0.2) is 69.4 Å². The number of carbonyl (C=O) groups excluding carboxylic acids is 1. The van der Waals surface area contributed by atoms with Crippen LogP contribution in [0.1, 0.15) is 16.7 Å². The molecule has 0 spiro atoms. The van der Waals surface area contributed by atoms with Crippen LogP contribution in [0.5, 0.6) is 11.5 Å². The van der Waals surface area contributed by atoms with Gasteiger partial charge >= 0.3 is 0 Å². The zero-order valence-corrected chi connectivity index (χ0v) is 22.1. The molecule has 11 heteroatoms. The Morgan fingerprint density at radius 2 is 1.86 bits per heavy atom. The van der Waals surface area contributed by atoms with E-state index in [2.05, 4.69) is 16.8 Å². The molecular weight excluding hydrogens is 510 g/mol. The SMILES string of the molecule is Cc1ccc2nc(N3CCN(C)CC3)c(/C=C3/SC(=S)N(Cc4ccc5c(c4)OCO5)C3=O)c(=O)n2c1. The molecule has 0 bridgehead atoms. The van der Waals surface area contributed by atoms with Gasteiger partial charge in [-0.3, -0.25) is 18.9 Å². The molecule has 190 valence electrons. The van der Waals surface area contributed by atoms with Crippen molar-refractivity contribution in [2.75, 3.05) is 44.9 Å². The fourth-order valence-electron chi connectivity index (χ4n) is 4.62. The summed E-state index contributed by atoms with van der Waals surface area (Å²) in [5.41, 5.74) is 2.60. The van der Waals surface area contributed by atoms with Crippen LogP contribution in [0.2, 0.25) is 0 Å². The van der Waals surface area contributed by atoms with Crippen molar-refractivity contribution in [3.05, 3.63) is 68.5 Å². The Hall–Kier alpha value is -3.41. The number of aromatic nitrogens is 2. The van der Waals surface area contributed by atoms with Gasteiger partial charge in [-0.1, -0.05) is 36.1 Å². The van der Waals surface area contributed by atoms with Crippen molar-refractivity contribution >= 4 is 51.7 Å². The molecule has 9 nitrogen and oxygen atoms in total.